The Morgan fingerprint density at radius 1 is 1.06 bits per heavy atom. The molecule has 1 N–H and O–H groups in total. The number of anilines is 2. The number of furan rings is 1. The van der Waals surface area contributed by atoms with Crippen molar-refractivity contribution in [3.8, 4) is 0 Å². The number of aromatic nitrogens is 2. The van der Waals surface area contributed by atoms with Crippen molar-refractivity contribution in [2.75, 3.05) is 16.8 Å². The molecule has 7 heteroatoms. The Hall–Kier alpha value is -3.45. The number of benzene rings is 2. The molecule has 0 saturated heterocycles. The number of nitrogens with one attached hydrogen (secondary N) is 1. The predicted octanol–water partition coefficient (Wildman–Crippen LogP) is 5.07. The van der Waals surface area contributed by atoms with Crippen LogP contribution < -0.4 is 10.2 Å². The van der Waals surface area contributed by atoms with E-state index in [1.165, 1.54) is 17.1 Å². The van der Waals surface area contributed by atoms with Crippen LogP contribution in [0.25, 0.3) is 0 Å². The van der Waals surface area contributed by atoms with Crippen LogP contribution in [-0.2, 0) is 17.8 Å². The molecule has 0 radical (unpaired) electrons. The highest BCUT2D eigenvalue weighted by Gasteiger charge is 2.16. The quantitative estimate of drug-likeness (QED) is 0.400. The normalized spacial score (nSPS) is 10.7. The molecule has 0 unspecified atom stereocenters. The molecule has 0 saturated carbocycles. The molecule has 1 amide bonds. The number of nitrogens with zero attached hydrogens (tertiary/aromatic N) is 3. The van der Waals surface area contributed by atoms with E-state index in [0.29, 0.717) is 25.9 Å². The molecule has 0 aliphatic carbocycles. The monoisotopic (exact) mass is 432 g/mol. The lowest BCUT2D eigenvalue weighted by Crippen LogP contribution is -2.27. The van der Waals surface area contributed by atoms with Gasteiger partial charge in [0.15, 0.2) is 0 Å². The third kappa shape index (κ3) is 6.02. The average molecular weight is 433 g/mol. The minimum Gasteiger partial charge on any atom is -0.467 e. The van der Waals surface area contributed by atoms with Gasteiger partial charge in [0.05, 0.1) is 12.8 Å². The van der Waals surface area contributed by atoms with Crippen molar-refractivity contribution in [1.82, 2.24) is 9.36 Å². The molecule has 4 aromatic rings. The first-order valence-corrected chi connectivity index (χ1v) is 10.9. The molecular weight excluding hydrogens is 408 g/mol. The van der Waals surface area contributed by atoms with Gasteiger partial charge in [-0.15, -0.1) is 0 Å². The smallest absolute Gasteiger partial charge is 0.226 e. The van der Waals surface area contributed by atoms with E-state index in [2.05, 4.69) is 21.8 Å². The van der Waals surface area contributed by atoms with Gasteiger partial charge in [-0.2, -0.15) is 4.37 Å². The molecule has 0 spiro atoms. The third-order valence-electron chi connectivity index (χ3n) is 4.80. The fraction of sp³-hybridized carbons (Fsp3) is 0.208. The summed E-state index contributed by atoms with van der Waals surface area (Å²) in [5.41, 5.74) is 3.13. The zero-order valence-electron chi connectivity index (χ0n) is 17.3. The summed E-state index contributed by atoms with van der Waals surface area (Å²) in [6.45, 7) is 3.06. The van der Waals surface area contributed by atoms with Crippen LogP contribution in [0.15, 0.2) is 77.4 Å². The number of hydrogen-bond acceptors (Lipinski definition) is 6. The topological polar surface area (TPSA) is 71.3 Å². The van der Waals surface area contributed by atoms with E-state index in [1.807, 2.05) is 66.4 Å². The minimum absolute atomic E-state index is 0.0395. The van der Waals surface area contributed by atoms with Gasteiger partial charge in [-0.25, -0.2) is 4.98 Å². The summed E-state index contributed by atoms with van der Waals surface area (Å²) in [5.74, 6) is 1.56. The highest BCUT2D eigenvalue weighted by atomic mass is 32.1. The Morgan fingerprint density at radius 2 is 1.87 bits per heavy atom. The lowest BCUT2D eigenvalue weighted by atomic mass is 10.1. The number of amides is 1. The zero-order chi connectivity index (χ0) is 21.5. The average Bonchev–Trinajstić information content (AvgIpc) is 3.46. The van der Waals surface area contributed by atoms with Crippen LogP contribution >= 0.6 is 11.5 Å². The first-order valence-electron chi connectivity index (χ1n) is 10.2. The van der Waals surface area contributed by atoms with Gasteiger partial charge in [0.1, 0.15) is 11.6 Å². The Kier molecular flexibility index (Phi) is 6.74. The standard InChI is InChI=1S/C24H24N4O2S/c1-18-9-11-20(12-10-18)25-23(29)13-14-28(17-21-8-5-15-30-21)24-26-22(27-31-24)16-19-6-3-2-4-7-19/h2-12,15H,13-14,16-17H2,1H3,(H,25,29). The lowest BCUT2D eigenvalue weighted by molar-refractivity contribution is -0.116. The van der Waals surface area contributed by atoms with Gasteiger partial charge >= 0.3 is 0 Å². The summed E-state index contributed by atoms with van der Waals surface area (Å²) < 4.78 is 10.0. The van der Waals surface area contributed by atoms with Crippen LogP contribution in [0.1, 0.15) is 29.1 Å². The maximum absolute atomic E-state index is 12.5. The van der Waals surface area contributed by atoms with E-state index in [4.69, 9.17) is 9.40 Å². The van der Waals surface area contributed by atoms with Crippen molar-refractivity contribution in [1.29, 1.82) is 0 Å². The maximum atomic E-state index is 12.5. The summed E-state index contributed by atoms with van der Waals surface area (Å²) in [4.78, 5) is 19.2. The number of carbonyl (C=O) groups is 1. The van der Waals surface area contributed by atoms with E-state index < -0.39 is 0 Å². The highest BCUT2D eigenvalue weighted by Crippen LogP contribution is 2.22. The van der Waals surface area contributed by atoms with Crippen LogP contribution in [0.4, 0.5) is 10.8 Å². The van der Waals surface area contributed by atoms with Crippen molar-refractivity contribution in [3.05, 3.63) is 95.7 Å². The van der Waals surface area contributed by atoms with Crippen LogP contribution in [0.5, 0.6) is 0 Å². The van der Waals surface area contributed by atoms with Crippen LogP contribution in [-0.4, -0.2) is 21.8 Å². The molecule has 0 bridgehead atoms. The molecule has 2 aromatic heterocycles. The third-order valence-corrected chi connectivity index (χ3v) is 5.62. The largest absolute Gasteiger partial charge is 0.467 e. The molecule has 4 rings (SSSR count). The second-order valence-corrected chi connectivity index (χ2v) is 8.05. The molecule has 0 atom stereocenters. The zero-order valence-corrected chi connectivity index (χ0v) is 18.1. The minimum atomic E-state index is -0.0395. The van der Waals surface area contributed by atoms with Crippen molar-refractivity contribution < 1.29 is 9.21 Å². The molecule has 0 aliphatic rings. The first kappa shape index (κ1) is 20.8. The van der Waals surface area contributed by atoms with Crippen molar-refractivity contribution in [2.24, 2.45) is 0 Å². The molecule has 2 aromatic carbocycles. The van der Waals surface area contributed by atoms with Crippen LogP contribution in [0.3, 0.4) is 0 Å². The molecule has 158 valence electrons. The number of rotatable bonds is 9. The Bertz CT molecular complexity index is 1090. The first-order chi connectivity index (χ1) is 15.2. The van der Waals surface area contributed by atoms with Gasteiger partial charge in [0, 0.05) is 36.6 Å². The summed E-state index contributed by atoms with van der Waals surface area (Å²) >= 11 is 1.35. The predicted molar refractivity (Wildman–Crippen MR) is 123 cm³/mol. The van der Waals surface area contributed by atoms with Crippen LogP contribution in [0, 0.1) is 6.92 Å². The summed E-state index contributed by atoms with van der Waals surface area (Å²) in [6, 6.07) is 21.7. The second kappa shape index (κ2) is 10.0. The summed E-state index contributed by atoms with van der Waals surface area (Å²) in [5, 5.41) is 3.73. The van der Waals surface area contributed by atoms with Gasteiger partial charge < -0.3 is 14.6 Å². The Labute approximate surface area is 185 Å². The fourth-order valence-electron chi connectivity index (χ4n) is 3.15. The summed E-state index contributed by atoms with van der Waals surface area (Å²) in [6.07, 6.45) is 2.67. The fourth-order valence-corrected chi connectivity index (χ4v) is 3.86. The maximum Gasteiger partial charge on any atom is 0.226 e. The summed E-state index contributed by atoms with van der Waals surface area (Å²) in [7, 11) is 0. The van der Waals surface area contributed by atoms with Gasteiger partial charge in [-0.1, -0.05) is 48.0 Å². The van der Waals surface area contributed by atoms with Gasteiger partial charge in [-0.05, 0) is 36.8 Å². The van der Waals surface area contributed by atoms with E-state index in [0.717, 1.165) is 28.0 Å². The Morgan fingerprint density at radius 3 is 2.61 bits per heavy atom. The molecule has 0 fully saturated rings. The second-order valence-electron chi connectivity index (χ2n) is 7.32. The van der Waals surface area contributed by atoms with Crippen molar-refractivity contribution in [3.63, 3.8) is 0 Å². The molecule has 2 heterocycles. The molecular formula is C24H24N4O2S. The SMILES string of the molecule is Cc1ccc(NC(=O)CCN(Cc2ccco2)c2nc(Cc3ccccc3)ns2)cc1. The van der Waals surface area contributed by atoms with Crippen molar-refractivity contribution >= 4 is 28.3 Å². The molecule has 6 nitrogen and oxygen atoms in total. The highest BCUT2D eigenvalue weighted by molar-refractivity contribution is 7.09. The van der Waals surface area contributed by atoms with Gasteiger partial charge in [-0.3, -0.25) is 4.79 Å². The molecule has 31 heavy (non-hydrogen) atoms. The Balaban J connectivity index is 1.42. The van der Waals surface area contributed by atoms with E-state index in [9.17, 15) is 4.79 Å². The lowest BCUT2D eigenvalue weighted by Gasteiger charge is -2.20. The van der Waals surface area contributed by atoms with E-state index in [1.54, 1.807) is 6.26 Å². The van der Waals surface area contributed by atoms with E-state index in [-0.39, 0.29) is 5.91 Å². The number of hydrogen-bond donors (Lipinski definition) is 1. The van der Waals surface area contributed by atoms with Crippen LogP contribution in [0.2, 0.25) is 0 Å². The van der Waals surface area contributed by atoms with Gasteiger partial charge in [0.2, 0.25) is 11.0 Å². The van der Waals surface area contributed by atoms with E-state index >= 15 is 0 Å². The van der Waals surface area contributed by atoms with Crippen molar-refractivity contribution in [2.45, 2.75) is 26.3 Å². The van der Waals surface area contributed by atoms with Gasteiger partial charge in [0.25, 0.3) is 0 Å². The number of aryl methyl sites for hydroxylation is 1. The molecule has 0 aliphatic heterocycles. The number of carbonyl (C=O) groups excluding carboxylic acids is 1.